The lowest BCUT2D eigenvalue weighted by Gasteiger charge is -2.23. The van der Waals surface area contributed by atoms with Gasteiger partial charge in [0.1, 0.15) is 17.6 Å². The number of hydrogen-bond acceptors (Lipinski definition) is 4. The minimum atomic E-state index is 0.242. The minimum absolute atomic E-state index is 0.242. The molecule has 2 aliphatic heterocycles. The number of carbonyl (C=O) groups excluding carboxylic acids is 1. The summed E-state index contributed by atoms with van der Waals surface area (Å²) in [5.74, 6) is 2.24. The molecule has 138 valence electrons. The van der Waals surface area contributed by atoms with Crippen LogP contribution in [0.2, 0.25) is 0 Å². The van der Waals surface area contributed by atoms with Gasteiger partial charge in [0.25, 0.3) is 0 Å². The second-order valence-corrected chi connectivity index (χ2v) is 7.00. The summed E-state index contributed by atoms with van der Waals surface area (Å²) in [6.45, 7) is 11.2. The van der Waals surface area contributed by atoms with Gasteiger partial charge in [-0.3, -0.25) is 9.69 Å². The predicted octanol–water partition coefficient (Wildman–Crippen LogP) is 2.85. The summed E-state index contributed by atoms with van der Waals surface area (Å²) in [5, 5.41) is 0. The average molecular weight is 346 g/mol. The molecule has 2 heterocycles. The summed E-state index contributed by atoms with van der Waals surface area (Å²) < 4.78 is 11.8. The molecule has 25 heavy (non-hydrogen) atoms. The van der Waals surface area contributed by atoms with Crippen molar-refractivity contribution in [2.45, 2.75) is 52.7 Å². The molecule has 3 rings (SSSR count). The highest BCUT2D eigenvalue weighted by molar-refractivity contribution is 5.75. The van der Waals surface area contributed by atoms with Crippen LogP contribution in [0, 0.1) is 0 Å². The molecule has 0 aliphatic carbocycles. The molecule has 5 nitrogen and oxygen atoms in total. The largest absolute Gasteiger partial charge is 0.494 e. The molecule has 0 N–H and O–H groups in total. The molecular formula is C20H30N2O3. The van der Waals surface area contributed by atoms with E-state index in [0.29, 0.717) is 13.0 Å². The topological polar surface area (TPSA) is 42.0 Å². The van der Waals surface area contributed by atoms with Crippen molar-refractivity contribution >= 4 is 5.91 Å². The van der Waals surface area contributed by atoms with Crippen LogP contribution in [0.15, 0.2) is 12.1 Å². The van der Waals surface area contributed by atoms with Gasteiger partial charge in [-0.25, -0.2) is 0 Å². The first-order valence-electron chi connectivity index (χ1n) is 9.56. The van der Waals surface area contributed by atoms with Crippen molar-refractivity contribution in [1.29, 1.82) is 0 Å². The third-order valence-corrected chi connectivity index (χ3v) is 5.02. The Morgan fingerprint density at radius 2 is 2.08 bits per heavy atom. The molecule has 0 aromatic heterocycles. The van der Waals surface area contributed by atoms with Crippen LogP contribution in [0.5, 0.6) is 11.5 Å². The van der Waals surface area contributed by atoms with E-state index in [4.69, 9.17) is 9.47 Å². The van der Waals surface area contributed by atoms with Crippen molar-refractivity contribution < 1.29 is 14.3 Å². The van der Waals surface area contributed by atoms with Crippen LogP contribution >= 0.6 is 0 Å². The Hall–Kier alpha value is -1.75. The van der Waals surface area contributed by atoms with E-state index in [2.05, 4.69) is 24.0 Å². The van der Waals surface area contributed by atoms with Gasteiger partial charge < -0.3 is 14.4 Å². The van der Waals surface area contributed by atoms with Gasteiger partial charge in [0.05, 0.1) is 6.61 Å². The van der Waals surface area contributed by atoms with E-state index in [1.807, 2.05) is 18.7 Å². The molecule has 5 heteroatoms. The van der Waals surface area contributed by atoms with Crippen LogP contribution in [-0.4, -0.2) is 54.6 Å². The minimum Gasteiger partial charge on any atom is -0.494 e. The molecule has 0 bridgehead atoms. The third-order valence-electron chi connectivity index (χ3n) is 5.02. The van der Waals surface area contributed by atoms with Gasteiger partial charge in [0, 0.05) is 56.7 Å². The lowest BCUT2D eigenvalue weighted by atomic mass is 10.1. The Morgan fingerprint density at radius 1 is 1.24 bits per heavy atom. The van der Waals surface area contributed by atoms with Crippen LogP contribution < -0.4 is 9.47 Å². The normalized spacial score (nSPS) is 20.8. The molecule has 1 amide bonds. The molecule has 1 fully saturated rings. The lowest BCUT2D eigenvalue weighted by molar-refractivity contribution is -0.130. The molecule has 0 radical (unpaired) electrons. The van der Waals surface area contributed by atoms with Crippen LogP contribution in [-0.2, 0) is 17.8 Å². The fourth-order valence-corrected chi connectivity index (χ4v) is 3.74. The van der Waals surface area contributed by atoms with Crippen molar-refractivity contribution in [3.8, 4) is 11.5 Å². The average Bonchev–Trinajstić information content (AvgIpc) is 2.80. The molecule has 0 spiro atoms. The Bertz CT molecular complexity index is 617. The summed E-state index contributed by atoms with van der Waals surface area (Å²) in [7, 11) is 0. The molecule has 0 unspecified atom stereocenters. The molecule has 1 aromatic carbocycles. The molecule has 1 aromatic rings. The number of carbonyl (C=O) groups is 1. The number of fused-ring (bicyclic) bond motifs is 1. The van der Waals surface area contributed by atoms with Gasteiger partial charge in [-0.15, -0.1) is 0 Å². The standard InChI is InChI=1S/C20H30N2O3/c1-4-20(23)22-8-6-7-21(9-10-22)14-17-13-19-16(11-15(3)25-19)12-18(17)24-5-2/h12-13,15H,4-11,14H2,1-3H3/t15-/m1/s1. The van der Waals surface area contributed by atoms with Crippen molar-refractivity contribution in [2.24, 2.45) is 0 Å². The van der Waals surface area contributed by atoms with Crippen LogP contribution in [0.1, 0.15) is 44.7 Å². The van der Waals surface area contributed by atoms with E-state index in [0.717, 1.165) is 57.1 Å². The van der Waals surface area contributed by atoms with Gasteiger partial charge in [-0.05, 0) is 32.4 Å². The monoisotopic (exact) mass is 346 g/mol. The van der Waals surface area contributed by atoms with Crippen LogP contribution in [0.3, 0.4) is 0 Å². The quantitative estimate of drug-likeness (QED) is 0.822. The first kappa shape index (κ1) is 18.1. The number of ether oxygens (including phenoxy) is 2. The van der Waals surface area contributed by atoms with Gasteiger partial charge >= 0.3 is 0 Å². The summed E-state index contributed by atoms with van der Waals surface area (Å²) >= 11 is 0. The molecule has 2 aliphatic rings. The van der Waals surface area contributed by atoms with E-state index in [-0.39, 0.29) is 12.0 Å². The summed E-state index contributed by atoms with van der Waals surface area (Å²) in [5.41, 5.74) is 2.43. The fraction of sp³-hybridized carbons (Fsp3) is 0.650. The summed E-state index contributed by atoms with van der Waals surface area (Å²) in [6, 6.07) is 4.31. The second kappa shape index (κ2) is 8.09. The molecular weight excluding hydrogens is 316 g/mol. The van der Waals surface area contributed by atoms with E-state index in [1.165, 1.54) is 11.1 Å². The predicted molar refractivity (Wildman–Crippen MR) is 98.2 cm³/mol. The van der Waals surface area contributed by atoms with Gasteiger partial charge in [-0.2, -0.15) is 0 Å². The highest BCUT2D eigenvalue weighted by Gasteiger charge is 2.24. The molecule has 1 saturated heterocycles. The zero-order valence-corrected chi connectivity index (χ0v) is 15.7. The Kier molecular flexibility index (Phi) is 5.84. The van der Waals surface area contributed by atoms with Gasteiger partial charge in [0.15, 0.2) is 0 Å². The number of benzene rings is 1. The van der Waals surface area contributed by atoms with Crippen molar-refractivity contribution in [3.63, 3.8) is 0 Å². The highest BCUT2D eigenvalue weighted by atomic mass is 16.5. The maximum Gasteiger partial charge on any atom is 0.222 e. The van der Waals surface area contributed by atoms with Gasteiger partial charge in [-0.1, -0.05) is 6.92 Å². The number of rotatable bonds is 5. The van der Waals surface area contributed by atoms with Crippen LogP contribution in [0.25, 0.3) is 0 Å². The van der Waals surface area contributed by atoms with Gasteiger partial charge in [0.2, 0.25) is 5.91 Å². The zero-order chi connectivity index (χ0) is 17.8. The number of nitrogens with zero attached hydrogens (tertiary/aromatic N) is 2. The highest BCUT2D eigenvalue weighted by Crippen LogP contribution is 2.35. The first-order valence-corrected chi connectivity index (χ1v) is 9.56. The Morgan fingerprint density at radius 3 is 2.84 bits per heavy atom. The van der Waals surface area contributed by atoms with E-state index in [9.17, 15) is 4.79 Å². The van der Waals surface area contributed by atoms with E-state index < -0.39 is 0 Å². The third kappa shape index (κ3) is 4.27. The van der Waals surface area contributed by atoms with E-state index >= 15 is 0 Å². The molecule has 1 atom stereocenters. The number of amides is 1. The first-order chi connectivity index (χ1) is 12.1. The van der Waals surface area contributed by atoms with Crippen LogP contribution in [0.4, 0.5) is 0 Å². The summed E-state index contributed by atoms with van der Waals surface area (Å²) in [6.07, 6.45) is 2.81. The maximum atomic E-state index is 12.0. The molecule has 0 saturated carbocycles. The number of hydrogen-bond donors (Lipinski definition) is 0. The zero-order valence-electron chi connectivity index (χ0n) is 15.7. The van der Waals surface area contributed by atoms with Crippen molar-refractivity contribution in [1.82, 2.24) is 9.80 Å². The fourth-order valence-electron chi connectivity index (χ4n) is 3.74. The Balaban J connectivity index is 1.71. The lowest BCUT2D eigenvalue weighted by Crippen LogP contribution is -2.34. The maximum absolute atomic E-state index is 12.0. The smallest absolute Gasteiger partial charge is 0.222 e. The van der Waals surface area contributed by atoms with E-state index in [1.54, 1.807) is 0 Å². The van der Waals surface area contributed by atoms with Crippen molar-refractivity contribution in [3.05, 3.63) is 23.3 Å². The van der Waals surface area contributed by atoms with Crippen molar-refractivity contribution in [2.75, 3.05) is 32.8 Å². The SMILES string of the molecule is CCOc1cc2c(cc1CN1CCCN(C(=O)CC)CC1)O[C@H](C)C2. The Labute approximate surface area is 150 Å². The summed E-state index contributed by atoms with van der Waals surface area (Å²) in [4.78, 5) is 16.4. The second-order valence-electron chi connectivity index (χ2n) is 7.00.